The van der Waals surface area contributed by atoms with Crippen LogP contribution in [0.2, 0.25) is 5.02 Å². The van der Waals surface area contributed by atoms with Gasteiger partial charge in [0.1, 0.15) is 5.75 Å². The van der Waals surface area contributed by atoms with E-state index >= 15 is 0 Å². The van der Waals surface area contributed by atoms with E-state index in [0.29, 0.717) is 5.92 Å². The summed E-state index contributed by atoms with van der Waals surface area (Å²) in [7, 11) is 1.74. The second-order valence-electron chi connectivity index (χ2n) is 5.42. The molecule has 1 aliphatic rings. The average Bonchev–Trinajstić information content (AvgIpc) is 3.12. The molecule has 0 bridgehead atoms. The van der Waals surface area contributed by atoms with Crippen molar-refractivity contribution in [1.29, 1.82) is 0 Å². The summed E-state index contributed by atoms with van der Waals surface area (Å²) < 4.78 is 5.47. The van der Waals surface area contributed by atoms with Crippen LogP contribution in [0.1, 0.15) is 30.4 Å². The van der Waals surface area contributed by atoms with Crippen molar-refractivity contribution in [3.63, 3.8) is 0 Å². The van der Waals surface area contributed by atoms with Crippen LogP contribution in [0.4, 0.5) is 0 Å². The first-order chi connectivity index (χ1) is 9.15. The van der Waals surface area contributed by atoms with Gasteiger partial charge >= 0.3 is 0 Å². The van der Waals surface area contributed by atoms with E-state index in [-0.39, 0.29) is 5.41 Å². The summed E-state index contributed by atoms with van der Waals surface area (Å²) in [5.74, 6) is 1.52. The molecule has 98 valence electrons. The lowest BCUT2D eigenvalue weighted by Crippen LogP contribution is -2.04. The summed E-state index contributed by atoms with van der Waals surface area (Å²) >= 11 is 5.96. The molecule has 2 heteroatoms. The standard InChI is InChI=1S/C17H17ClO/c1-17(12-7-9-13(18)10-8-12)11-15(17)14-5-3-4-6-16(14)19-2/h3-10,15H,11H2,1-2H3/t15-,17-/m1/s1. The van der Waals surface area contributed by atoms with Crippen LogP contribution in [0, 0.1) is 0 Å². The van der Waals surface area contributed by atoms with Crippen LogP contribution in [0.15, 0.2) is 48.5 Å². The number of hydrogen-bond donors (Lipinski definition) is 0. The zero-order valence-corrected chi connectivity index (χ0v) is 11.9. The molecule has 0 spiro atoms. The maximum absolute atomic E-state index is 5.96. The molecule has 2 aromatic rings. The molecule has 2 aromatic carbocycles. The molecular weight excluding hydrogens is 256 g/mol. The van der Waals surface area contributed by atoms with Gasteiger partial charge in [0, 0.05) is 10.4 Å². The van der Waals surface area contributed by atoms with E-state index in [1.165, 1.54) is 11.1 Å². The zero-order chi connectivity index (χ0) is 13.5. The molecule has 0 saturated heterocycles. The molecule has 1 aliphatic carbocycles. The highest BCUT2D eigenvalue weighted by Crippen LogP contribution is 2.61. The van der Waals surface area contributed by atoms with Gasteiger partial charge < -0.3 is 4.74 Å². The molecule has 0 unspecified atom stereocenters. The number of benzene rings is 2. The van der Waals surface area contributed by atoms with Gasteiger partial charge in [-0.1, -0.05) is 48.9 Å². The molecule has 3 rings (SSSR count). The van der Waals surface area contributed by atoms with E-state index in [9.17, 15) is 0 Å². The highest BCUT2D eigenvalue weighted by atomic mass is 35.5. The van der Waals surface area contributed by atoms with E-state index in [0.717, 1.165) is 17.2 Å². The minimum atomic E-state index is 0.208. The van der Waals surface area contributed by atoms with Crippen molar-refractivity contribution in [2.45, 2.75) is 24.7 Å². The molecule has 1 saturated carbocycles. The molecule has 0 aliphatic heterocycles. The van der Waals surface area contributed by atoms with Crippen LogP contribution in [-0.4, -0.2) is 7.11 Å². The Bertz CT molecular complexity index is 590. The minimum Gasteiger partial charge on any atom is -0.496 e. The Balaban J connectivity index is 1.92. The van der Waals surface area contributed by atoms with Gasteiger partial charge in [-0.25, -0.2) is 0 Å². The highest BCUT2D eigenvalue weighted by Gasteiger charge is 2.52. The Morgan fingerprint density at radius 2 is 1.79 bits per heavy atom. The molecule has 1 fully saturated rings. The molecular formula is C17H17ClO. The summed E-state index contributed by atoms with van der Waals surface area (Å²) in [4.78, 5) is 0. The van der Waals surface area contributed by atoms with Gasteiger partial charge in [0.05, 0.1) is 7.11 Å². The Hall–Kier alpha value is -1.47. The van der Waals surface area contributed by atoms with Crippen LogP contribution >= 0.6 is 11.6 Å². The molecule has 0 heterocycles. The summed E-state index contributed by atoms with van der Waals surface area (Å²) in [6.07, 6.45) is 1.16. The lowest BCUT2D eigenvalue weighted by atomic mass is 9.92. The van der Waals surface area contributed by atoms with Crippen molar-refractivity contribution in [3.8, 4) is 5.75 Å². The van der Waals surface area contributed by atoms with Gasteiger partial charge in [0.15, 0.2) is 0 Å². The van der Waals surface area contributed by atoms with Crippen molar-refractivity contribution >= 4 is 11.6 Å². The van der Waals surface area contributed by atoms with E-state index in [4.69, 9.17) is 16.3 Å². The molecule has 0 amide bonds. The van der Waals surface area contributed by atoms with Crippen molar-refractivity contribution in [1.82, 2.24) is 0 Å². The summed E-state index contributed by atoms with van der Waals surface area (Å²) in [5.41, 5.74) is 2.87. The van der Waals surface area contributed by atoms with Gasteiger partial charge in [-0.2, -0.15) is 0 Å². The Morgan fingerprint density at radius 3 is 2.47 bits per heavy atom. The maximum atomic E-state index is 5.96. The van der Waals surface area contributed by atoms with E-state index in [1.54, 1.807) is 7.11 Å². The van der Waals surface area contributed by atoms with Crippen LogP contribution < -0.4 is 4.74 Å². The minimum absolute atomic E-state index is 0.208. The van der Waals surface area contributed by atoms with E-state index in [1.807, 2.05) is 24.3 Å². The smallest absolute Gasteiger partial charge is 0.122 e. The number of ether oxygens (including phenoxy) is 1. The van der Waals surface area contributed by atoms with Gasteiger partial charge in [-0.3, -0.25) is 0 Å². The first kappa shape index (κ1) is 12.6. The fourth-order valence-electron chi connectivity index (χ4n) is 2.92. The number of methoxy groups -OCH3 is 1. The Kier molecular flexibility index (Phi) is 3.02. The summed E-state index contributed by atoms with van der Waals surface area (Å²) in [5, 5.41) is 0.793. The normalized spacial score (nSPS) is 25.1. The van der Waals surface area contributed by atoms with Crippen LogP contribution in [0.25, 0.3) is 0 Å². The molecule has 2 atom stereocenters. The SMILES string of the molecule is COc1ccccc1[C@H]1C[C@]1(C)c1ccc(Cl)cc1. The first-order valence-corrected chi connectivity index (χ1v) is 6.92. The second-order valence-corrected chi connectivity index (χ2v) is 5.86. The van der Waals surface area contributed by atoms with Crippen molar-refractivity contribution in [2.24, 2.45) is 0 Å². The first-order valence-electron chi connectivity index (χ1n) is 6.54. The van der Waals surface area contributed by atoms with Gasteiger partial charge in [-0.05, 0) is 41.7 Å². The molecule has 19 heavy (non-hydrogen) atoms. The van der Waals surface area contributed by atoms with Crippen LogP contribution in [0.5, 0.6) is 5.75 Å². The summed E-state index contributed by atoms with van der Waals surface area (Å²) in [6.45, 7) is 2.31. The Morgan fingerprint density at radius 1 is 1.11 bits per heavy atom. The molecule has 0 aromatic heterocycles. The third-order valence-electron chi connectivity index (χ3n) is 4.26. The number of hydrogen-bond acceptors (Lipinski definition) is 1. The lowest BCUT2D eigenvalue weighted by molar-refractivity contribution is 0.409. The number of rotatable bonds is 3. The Labute approximate surface area is 119 Å². The second kappa shape index (κ2) is 4.57. The van der Waals surface area contributed by atoms with Gasteiger partial charge in [-0.15, -0.1) is 0 Å². The third-order valence-corrected chi connectivity index (χ3v) is 4.51. The largest absolute Gasteiger partial charge is 0.496 e. The van der Waals surface area contributed by atoms with Crippen molar-refractivity contribution in [3.05, 3.63) is 64.7 Å². The quantitative estimate of drug-likeness (QED) is 0.780. The van der Waals surface area contributed by atoms with Crippen molar-refractivity contribution in [2.75, 3.05) is 7.11 Å². The van der Waals surface area contributed by atoms with Crippen molar-refractivity contribution < 1.29 is 4.74 Å². The maximum Gasteiger partial charge on any atom is 0.122 e. The predicted molar refractivity (Wildman–Crippen MR) is 79.2 cm³/mol. The predicted octanol–water partition coefficient (Wildman–Crippen LogP) is 4.79. The molecule has 1 nitrogen and oxygen atoms in total. The fraction of sp³-hybridized carbons (Fsp3) is 0.294. The fourth-order valence-corrected chi connectivity index (χ4v) is 3.05. The van der Waals surface area contributed by atoms with E-state index < -0.39 is 0 Å². The highest BCUT2D eigenvalue weighted by molar-refractivity contribution is 6.30. The van der Waals surface area contributed by atoms with Gasteiger partial charge in [0.2, 0.25) is 0 Å². The molecule has 0 N–H and O–H groups in total. The number of para-hydroxylation sites is 1. The van der Waals surface area contributed by atoms with Crippen LogP contribution in [-0.2, 0) is 5.41 Å². The van der Waals surface area contributed by atoms with Crippen LogP contribution in [0.3, 0.4) is 0 Å². The molecule has 0 radical (unpaired) electrons. The summed E-state index contributed by atoms with van der Waals surface area (Å²) in [6, 6.07) is 16.5. The third kappa shape index (κ3) is 2.12. The van der Waals surface area contributed by atoms with E-state index in [2.05, 4.69) is 31.2 Å². The number of halogens is 1. The monoisotopic (exact) mass is 272 g/mol. The lowest BCUT2D eigenvalue weighted by Gasteiger charge is -2.14. The topological polar surface area (TPSA) is 9.23 Å². The average molecular weight is 273 g/mol. The zero-order valence-electron chi connectivity index (χ0n) is 11.2. The van der Waals surface area contributed by atoms with Gasteiger partial charge in [0.25, 0.3) is 0 Å².